The van der Waals surface area contributed by atoms with Crippen LogP contribution in [0.2, 0.25) is 0 Å². The van der Waals surface area contributed by atoms with Crippen LogP contribution < -0.4 is 0 Å². The number of ether oxygens (including phenoxy) is 2. The molecule has 0 amide bonds. The zero-order chi connectivity index (χ0) is 17.3. The van der Waals surface area contributed by atoms with E-state index in [1.165, 1.54) is 24.3 Å². The average molecular weight is 334 g/mol. The highest BCUT2D eigenvalue weighted by Crippen LogP contribution is 2.29. The zero-order valence-corrected chi connectivity index (χ0v) is 12.3. The molecule has 3 heterocycles. The van der Waals surface area contributed by atoms with Gasteiger partial charge in [-0.25, -0.2) is 24.2 Å². The van der Waals surface area contributed by atoms with E-state index in [1.807, 2.05) is 0 Å². The number of hydrogen-bond acceptors (Lipinski definition) is 7. The van der Waals surface area contributed by atoms with Crippen LogP contribution >= 0.6 is 0 Å². The van der Waals surface area contributed by atoms with Crippen LogP contribution in [0, 0.1) is 0 Å². The van der Waals surface area contributed by atoms with Crippen LogP contribution in [0.4, 0.5) is 0 Å². The number of aromatic nitrogens is 2. The third-order valence-electron chi connectivity index (χ3n) is 4.16. The van der Waals surface area contributed by atoms with Crippen LogP contribution in [0.15, 0.2) is 30.3 Å². The first kappa shape index (κ1) is 13.6. The molecule has 0 saturated heterocycles. The monoisotopic (exact) mass is 334 g/mol. The fraction of sp³-hybridized carbons (Fsp3) is 0. The highest BCUT2D eigenvalue weighted by atomic mass is 16.6. The van der Waals surface area contributed by atoms with E-state index in [1.54, 1.807) is 6.07 Å². The summed E-state index contributed by atoms with van der Waals surface area (Å²) in [6, 6.07) is 7.60. The summed E-state index contributed by atoms with van der Waals surface area (Å²) in [5, 5.41) is 0. The van der Waals surface area contributed by atoms with Gasteiger partial charge < -0.3 is 14.5 Å². The number of carbonyl (C=O) groups excluding carboxylic acids is 4. The van der Waals surface area contributed by atoms with Crippen molar-refractivity contribution in [2.24, 2.45) is 0 Å². The highest BCUT2D eigenvalue weighted by molar-refractivity contribution is 6.17. The summed E-state index contributed by atoms with van der Waals surface area (Å²) in [7, 11) is 0. The third-order valence-corrected chi connectivity index (χ3v) is 4.16. The molecule has 25 heavy (non-hydrogen) atoms. The van der Waals surface area contributed by atoms with Crippen LogP contribution in [0.3, 0.4) is 0 Å². The zero-order valence-electron chi connectivity index (χ0n) is 12.3. The number of aromatic amines is 1. The maximum atomic E-state index is 11.7. The lowest BCUT2D eigenvalue weighted by Crippen LogP contribution is -1.97. The molecule has 0 fully saturated rings. The molecule has 0 saturated carbocycles. The first-order chi connectivity index (χ1) is 12.0. The third kappa shape index (κ3) is 1.78. The number of cyclic esters (lactones) is 4. The van der Waals surface area contributed by atoms with Gasteiger partial charge in [0.1, 0.15) is 5.82 Å². The molecular weight excluding hydrogens is 328 g/mol. The molecule has 0 atom stereocenters. The maximum absolute atomic E-state index is 11.7. The normalized spacial score (nSPS) is 15.4. The summed E-state index contributed by atoms with van der Waals surface area (Å²) in [5.41, 5.74) is 2.30. The Labute approximate surface area is 138 Å². The molecule has 0 bridgehead atoms. The van der Waals surface area contributed by atoms with Crippen molar-refractivity contribution in [3.63, 3.8) is 0 Å². The number of carbonyl (C=O) groups is 4. The summed E-state index contributed by atoms with van der Waals surface area (Å²) in [5.74, 6) is -2.36. The quantitative estimate of drug-likeness (QED) is 0.533. The van der Waals surface area contributed by atoms with Crippen molar-refractivity contribution >= 4 is 34.9 Å². The minimum Gasteiger partial charge on any atom is -0.386 e. The summed E-state index contributed by atoms with van der Waals surface area (Å²) < 4.78 is 9.12. The number of H-pyrrole nitrogens is 1. The molecule has 0 aliphatic carbocycles. The van der Waals surface area contributed by atoms with E-state index in [9.17, 15) is 19.2 Å². The minimum absolute atomic E-state index is 0.165. The van der Waals surface area contributed by atoms with Crippen molar-refractivity contribution in [1.29, 1.82) is 0 Å². The second-order valence-electron chi connectivity index (χ2n) is 5.61. The molecule has 2 aliphatic rings. The number of imidazole rings is 1. The van der Waals surface area contributed by atoms with Crippen LogP contribution in [0.1, 0.15) is 41.4 Å². The number of esters is 4. The Balaban J connectivity index is 1.67. The smallest absolute Gasteiger partial charge is 0.346 e. The van der Waals surface area contributed by atoms with Gasteiger partial charge in [0.05, 0.1) is 33.3 Å². The number of fused-ring (bicyclic) bond motifs is 3. The second-order valence-corrected chi connectivity index (χ2v) is 5.61. The Kier molecular flexibility index (Phi) is 2.39. The Morgan fingerprint density at radius 1 is 0.720 bits per heavy atom. The van der Waals surface area contributed by atoms with E-state index in [4.69, 9.17) is 0 Å². The molecule has 0 radical (unpaired) electrons. The summed E-state index contributed by atoms with van der Waals surface area (Å²) in [4.78, 5) is 53.8. The Hall–Kier alpha value is -3.81. The SMILES string of the molecule is O=C1OC(=O)c2cc(-c3nc4cc5c(cc4[nH]3)C(=O)OC5=O)ccc21. The molecule has 8 heteroatoms. The molecule has 2 aliphatic heterocycles. The second kappa shape index (κ2) is 4.38. The largest absolute Gasteiger partial charge is 0.386 e. The Morgan fingerprint density at radius 2 is 1.32 bits per heavy atom. The van der Waals surface area contributed by atoms with Crippen LogP contribution in [-0.2, 0) is 9.47 Å². The predicted molar refractivity (Wildman–Crippen MR) is 81.0 cm³/mol. The summed E-state index contributed by atoms with van der Waals surface area (Å²) >= 11 is 0. The number of nitrogens with one attached hydrogen (secondary N) is 1. The van der Waals surface area contributed by atoms with Crippen molar-refractivity contribution in [3.8, 4) is 11.4 Å². The molecule has 0 spiro atoms. The molecule has 3 aromatic rings. The van der Waals surface area contributed by atoms with Gasteiger partial charge in [-0.1, -0.05) is 6.07 Å². The van der Waals surface area contributed by atoms with Crippen LogP contribution in [0.25, 0.3) is 22.4 Å². The Bertz CT molecular complexity index is 1120. The molecule has 8 nitrogen and oxygen atoms in total. The van der Waals surface area contributed by atoms with E-state index in [-0.39, 0.29) is 22.3 Å². The van der Waals surface area contributed by atoms with Gasteiger partial charge in [0.15, 0.2) is 0 Å². The van der Waals surface area contributed by atoms with Crippen molar-refractivity contribution in [2.45, 2.75) is 0 Å². The first-order valence-electron chi connectivity index (χ1n) is 7.22. The molecule has 120 valence electrons. The molecular formula is C17H6N2O6. The maximum Gasteiger partial charge on any atom is 0.346 e. The minimum atomic E-state index is -0.703. The van der Waals surface area contributed by atoms with Crippen LogP contribution in [0.5, 0.6) is 0 Å². The molecule has 1 aromatic heterocycles. The van der Waals surface area contributed by atoms with Gasteiger partial charge in [0.25, 0.3) is 0 Å². The lowest BCUT2D eigenvalue weighted by molar-refractivity contribution is 0.0425. The van der Waals surface area contributed by atoms with Crippen molar-refractivity contribution in [2.75, 3.05) is 0 Å². The number of rotatable bonds is 1. The van der Waals surface area contributed by atoms with Gasteiger partial charge in [0.2, 0.25) is 0 Å². The molecule has 0 unspecified atom stereocenters. The first-order valence-corrected chi connectivity index (χ1v) is 7.22. The molecule has 5 rings (SSSR count). The van der Waals surface area contributed by atoms with E-state index in [2.05, 4.69) is 19.4 Å². The Morgan fingerprint density at radius 3 is 2.04 bits per heavy atom. The van der Waals surface area contributed by atoms with Crippen molar-refractivity contribution in [1.82, 2.24) is 9.97 Å². The number of nitrogens with zero attached hydrogens (tertiary/aromatic N) is 1. The topological polar surface area (TPSA) is 115 Å². The number of hydrogen-bond donors (Lipinski definition) is 1. The van der Waals surface area contributed by atoms with Crippen molar-refractivity contribution in [3.05, 3.63) is 52.6 Å². The highest BCUT2D eigenvalue weighted by Gasteiger charge is 2.32. The molecule has 1 N–H and O–H groups in total. The van der Waals surface area contributed by atoms with E-state index in [0.29, 0.717) is 22.4 Å². The van der Waals surface area contributed by atoms with Gasteiger partial charge in [-0.2, -0.15) is 0 Å². The predicted octanol–water partition coefficient (Wildman–Crippen LogP) is 1.85. The van der Waals surface area contributed by atoms with Crippen molar-refractivity contribution < 1.29 is 28.7 Å². The lowest BCUT2D eigenvalue weighted by atomic mass is 10.1. The summed E-state index contributed by atoms with van der Waals surface area (Å²) in [6.07, 6.45) is 0. The molecule has 2 aromatic carbocycles. The van der Waals surface area contributed by atoms with Gasteiger partial charge in [-0.05, 0) is 24.3 Å². The van der Waals surface area contributed by atoms with Crippen LogP contribution in [-0.4, -0.2) is 33.8 Å². The van der Waals surface area contributed by atoms with Gasteiger partial charge >= 0.3 is 23.9 Å². The van der Waals surface area contributed by atoms with Gasteiger partial charge in [-0.3, -0.25) is 0 Å². The standard InChI is InChI=1S/C17H6N2O6/c20-14-7-2-1-6(3-8(7)15(21)24-14)13-18-11-4-9-10(5-12(11)19-13)17(23)25-16(9)22/h1-5H,(H,18,19). The fourth-order valence-electron chi connectivity index (χ4n) is 2.96. The fourth-order valence-corrected chi connectivity index (χ4v) is 2.96. The average Bonchev–Trinajstić information content (AvgIpc) is 3.22. The lowest BCUT2D eigenvalue weighted by Gasteiger charge is -1.98. The van der Waals surface area contributed by atoms with E-state index < -0.39 is 23.9 Å². The number of benzene rings is 2. The summed E-state index contributed by atoms with van der Waals surface area (Å²) in [6.45, 7) is 0. The van der Waals surface area contributed by atoms with Gasteiger partial charge in [0, 0.05) is 5.56 Å². The van der Waals surface area contributed by atoms with E-state index in [0.717, 1.165) is 0 Å². The van der Waals surface area contributed by atoms with Gasteiger partial charge in [-0.15, -0.1) is 0 Å². The van der Waals surface area contributed by atoms with E-state index >= 15 is 0 Å².